The van der Waals surface area contributed by atoms with E-state index in [1.807, 2.05) is 30.3 Å². The van der Waals surface area contributed by atoms with Crippen LogP contribution in [0.1, 0.15) is 78.6 Å². The summed E-state index contributed by atoms with van der Waals surface area (Å²) in [6, 6.07) is 14.9. The molecule has 10 N–H and O–H groups in total. The fraction of sp³-hybridized carbons (Fsp3) is 0.391. The lowest BCUT2D eigenvalue weighted by Gasteiger charge is -2.32. The maximum atomic E-state index is 14.6. The summed E-state index contributed by atoms with van der Waals surface area (Å²) in [6.07, 6.45) is 0.0272. The first-order valence-electron chi connectivity index (χ1n) is 20.7. The van der Waals surface area contributed by atoms with Crippen LogP contribution in [0.5, 0.6) is 5.75 Å². The van der Waals surface area contributed by atoms with Crippen LogP contribution in [-0.4, -0.2) is 95.8 Å². The van der Waals surface area contributed by atoms with Gasteiger partial charge in [-0.05, 0) is 80.1 Å². The Balaban J connectivity index is 1.53. The van der Waals surface area contributed by atoms with E-state index >= 15 is 0 Å². The number of ether oxygens (including phenoxy) is 1. The lowest BCUT2D eigenvalue weighted by atomic mass is 9.86. The zero-order valence-corrected chi connectivity index (χ0v) is 36.8. The second kappa shape index (κ2) is 20.3. The first-order valence-corrected chi connectivity index (χ1v) is 20.7. The molecule has 332 valence electrons. The number of likely N-dealkylation sites (N-methyl/N-ethyl adjacent to an activating group) is 1. The number of aromatic nitrogens is 2. The van der Waals surface area contributed by atoms with E-state index in [-0.39, 0.29) is 50.1 Å². The fourth-order valence-corrected chi connectivity index (χ4v) is 7.41. The molecule has 1 aliphatic rings. The molecule has 4 bridgehead atoms. The van der Waals surface area contributed by atoms with E-state index in [1.165, 1.54) is 18.9 Å². The Morgan fingerprint density at radius 3 is 2.25 bits per heavy atom. The van der Waals surface area contributed by atoms with Crippen molar-refractivity contribution < 1.29 is 28.7 Å². The predicted octanol–water partition coefficient (Wildman–Crippen LogP) is 2.48. The molecule has 2 heterocycles. The van der Waals surface area contributed by atoms with Gasteiger partial charge in [-0.3, -0.25) is 24.0 Å². The summed E-state index contributed by atoms with van der Waals surface area (Å²) in [4.78, 5) is 80.5. The Labute approximate surface area is 367 Å². The van der Waals surface area contributed by atoms with Crippen LogP contribution in [-0.2, 0) is 31.0 Å². The van der Waals surface area contributed by atoms with Gasteiger partial charge < -0.3 is 48.1 Å². The van der Waals surface area contributed by atoms with Crippen molar-refractivity contribution in [3.8, 4) is 34.3 Å². The number of hydrogen-bond acceptors (Lipinski definition) is 12. The Morgan fingerprint density at radius 1 is 0.952 bits per heavy atom. The molecule has 63 heavy (non-hydrogen) atoms. The van der Waals surface area contributed by atoms with Gasteiger partial charge in [-0.2, -0.15) is 5.26 Å². The molecule has 5 rings (SSSR count). The molecule has 4 atom stereocenters. The normalized spacial score (nSPS) is 16.9. The number of amides is 5. The fourth-order valence-electron chi connectivity index (χ4n) is 7.41. The van der Waals surface area contributed by atoms with Crippen molar-refractivity contribution in [1.29, 1.82) is 5.26 Å². The van der Waals surface area contributed by atoms with Crippen LogP contribution in [0, 0.1) is 25.2 Å². The number of benzene rings is 3. The minimum absolute atomic E-state index is 0.00656. The number of aryl methyl sites for hydroxylation is 2. The maximum absolute atomic E-state index is 14.6. The summed E-state index contributed by atoms with van der Waals surface area (Å²) in [5.74, 6) is -2.48. The number of nitrogens with zero attached hydrogens (tertiary/aromatic N) is 4. The molecule has 0 fully saturated rings. The lowest BCUT2D eigenvalue weighted by molar-refractivity contribution is -0.141. The third-order valence-corrected chi connectivity index (χ3v) is 10.8. The van der Waals surface area contributed by atoms with Crippen molar-refractivity contribution in [2.24, 2.45) is 11.5 Å². The lowest BCUT2D eigenvalue weighted by Crippen LogP contribution is -2.56. The predicted molar refractivity (Wildman–Crippen MR) is 239 cm³/mol. The van der Waals surface area contributed by atoms with E-state index in [1.54, 1.807) is 50.2 Å². The second-order valence-electron chi connectivity index (χ2n) is 16.6. The molecular weight excluding hydrogens is 803 g/mol. The van der Waals surface area contributed by atoms with E-state index < -0.39 is 53.7 Å². The van der Waals surface area contributed by atoms with Crippen LogP contribution in [0.25, 0.3) is 22.5 Å². The molecule has 17 heteroatoms. The minimum atomic E-state index is -1.38. The van der Waals surface area contributed by atoms with Gasteiger partial charge in [0.2, 0.25) is 23.6 Å². The zero-order chi connectivity index (χ0) is 46.2. The summed E-state index contributed by atoms with van der Waals surface area (Å²) < 4.78 is 6.03. The topological polar surface area (TPSA) is 274 Å². The number of nitrogen functional groups attached to an aromatic ring is 1. The van der Waals surface area contributed by atoms with E-state index in [0.717, 1.165) is 11.1 Å². The highest BCUT2D eigenvalue weighted by Crippen LogP contribution is 2.38. The number of hydrogen-bond donors (Lipinski definition) is 7. The molecule has 1 aromatic heterocycles. The largest absolute Gasteiger partial charge is 0.492 e. The summed E-state index contributed by atoms with van der Waals surface area (Å²) in [5.41, 5.74) is 23.5. The molecule has 0 saturated heterocycles. The SMILES string of the molecule is Cc1nc(-c2ccc(C(C)(C)C)cc2)nc(C)c1C(=O)NC(CCN)C(=O)N(C)[C@@H]1C(=O)N[C@@H](C)C(=O)N[C@H](C(=O)NCC#N)Cc2ccc(N)c(c2)-c2cc1ccc2OCCN. The van der Waals surface area contributed by atoms with Crippen LogP contribution < -0.4 is 43.2 Å². The molecule has 17 nitrogen and oxygen atoms in total. The Kier molecular flexibility index (Phi) is 15.2. The number of carbonyl (C=O) groups is 5. The maximum Gasteiger partial charge on any atom is 0.255 e. The molecule has 3 aromatic carbocycles. The number of carbonyl (C=O) groups excluding carboxylic acids is 5. The van der Waals surface area contributed by atoms with Crippen LogP contribution >= 0.6 is 0 Å². The molecule has 0 saturated carbocycles. The second-order valence-corrected chi connectivity index (χ2v) is 16.6. The first-order chi connectivity index (χ1) is 29.9. The molecule has 0 radical (unpaired) electrons. The third kappa shape index (κ3) is 11.1. The van der Waals surface area contributed by atoms with Crippen molar-refractivity contribution in [1.82, 2.24) is 36.1 Å². The van der Waals surface area contributed by atoms with Gasteiger partial charge in [0.1, 0.15) is 43.1 Å². The van der Waals surface area contributed by atoms with Gasteiger partial charge in [-0.1, -0.05) is 57.2 Å². The molecular formula is C46H57N11O6. The zero-order valence-electron chi connectivity index (χ0n) is 36.8. The van der Waals surface area contributed by atoms with E-state index in [9.17, 15) is 24.0 Å². The van der Waals surface area contributed by atoms with Crippen LogP contribution in [0.15, 0.2) is 60.7 Å². The number of anilines is 1. The van der Waals surface area contributed by atoms with E-state index in [2.05, 4.69) is 52.0 Å². The van der Waals surface area contributed by atoms with Crippen molar-refractivity contribution in [3.63, 3.8) is 0 Å². The molecule has 1 unspecified atom stereocenters. The van der Waals surface area contributed by atoms with Gasteiger partial charge in [0.05, 0.1) is 23.0 Å². The standard InChI is InChI=1S/C46H57N11O6/c1-25-38(26(2)53-40(52-25)29-9-12-31(13-10-29)46(4,5)6)43(60)55-35(16-17-47)45(62)57(7)39-30-11-15-37(63-21-19-49)33(24-30)32-22-28(8-14-34(32)50)23-36(42(59)51-20-18-48)56-41(58)27(3)54-44(39)61/h8-15,22,24,27,35-36,39H,16-17,19-21,23,47,49-50H2,1-7H3,(H,51,59)(H,54,61)(H,55,60)(H,56,58)/t27-,35?,36-,39-/m0/s1. The van der Waals surface area contributed by atoms with Crippen molar-refractivity contribution in [3.05, 3.63) is 94.3 Å². The molecule has 0 aliphatic carbocycles. The van der Waals surface area contributed by atoms with Gasteiger partial charge in [-0.15, -0.1) is 0 Å². The third-order valence-electron chi connectivity index (χ3n) is 10.8. The van der Waals surface area contributed by atoms with Crippen LogP contribution in [0.4, 0.5) is 5.69 Å². The van der Waals surface area contributed by atoms with Crippen molar-refractivity contribution >= 4 is 35.2 Å². The van der Waals surface area contributed by atoms with Gasteiger partial charge in [0.25, 0.3) is 5.91 Å². The van der Waals surface area contributed by atoms with Crippen molar-refractivity contribution in [2.45, 2.75) is 84.0 Å². The highest BCUT2D eigenvalue weighted by molar-refractivity contribution is 6.00. The Bertz CT molecular complexity index is 2380. The molecule has 0 spiro atoms. The number of nitrogens with two attached hydrogens (primary N) is 3. The van der Waals surface area contributed by atoms with Gasteiger partial charge in [0, 0.05) is 42.4 Å². The first kappa shape index (κ1) is 47.2. The average molecular weight is 860 g/mol. The van der Waals surface area contributed by atoms with E-state index in [0.29, 0.717) is 50.9 Å². The van der Waals surface area contributed by atoms with Gasteiger partial charge in [-0.25, -0.2) is 9.97 Å². The van der Waals surface area contributed by atoms with Crippen LogP contribution in [0.2, 0.25) is 0 Å². The van der Waals surface area contributed by atoms with Gasteiger partial charge >= 0.3 is 0 Å². The number of nitriles is 1. The number of nitrogens with one attached hydrogen (secondary N) is 4. The van der Waals surface area contributed by atoms with Crippen LogP contribution in [0.3, 0.4) is 0 Å². The quantitative estimate of drug-likeness (QED) is 0.0800. The molecule has 1 aliphatic heterocycles. The summed E-state index contributed by atoms with van der Waals surface area (Å²) in [6.45, 7) is 11.3. The smallest absolute Gasteiger partial charge is 0.255 e. The van der Waals surface area contributed by atoms with E-state index in [4.69, 9.17) is 27.2 Å². The highest BCUT2D eigenvalue weighted by atomic mass is 16.5. The molecule has 4 aromatic rings. The summed E-state index contributed by atoms with van der Waals surface area (Å²) >= 11 is 0. The summed E-state index contributed by atoms with van der Waals surface area (Å²) in [7, 11) is 1.42. The Hall–Kier alpha value is -6.90. The molecule has 5 amide bonds. The average Bonchev–Trinajstić information content (AvgIpc) is 3.24. The number of rotatable bonds is 12. The highest BCUT2D eigenvalue weighted by Gasteiger charge is 2.36. The van der Waals surface area contributed by atoms with Crippen molar-refractivity contribution in [2.75, 3.05) is 39.0 Å². The summed E-state index contributed by atoms with van der Waals surface area (Å²) in [5, 5.41) is 19.8. The monoisotopic (exact) mass is 859 g/mol. The minimum Gasteiger partial charge on any atom is -0.492 e. The van der Waals surface area contributed by atoms with Gasteiger partial charge in [0.15, 0.2) is 5.82 Å². The number of fused-ring (bicyclic) bond motifs is 5. The Morgan fingerprint density at radius 2 is 1.63 bits per heavy atom.